The lowest BCUT2D eigenvalue weighted by Crippen LogP contribution is -1.94. The van der Waals surface area contributed by atoms with Crippen LogP contribution in [0.3, 0.4) is 0 Å². The van der Waals surface area contributed by atoms with E-state index in [0.29, 0.717) is 5.75 Å². The van der Waals surface area contributed by atoms with Crippen LogP contribution >= 0.6 is 34.7 Å². The van der Waals surface area contributed by atoms with Crippen LogP contribution in [0.15, 0.2) is 34.1 Å². The molecular formula is C13H10ClN3S2. The summed E-state index contributed by atoms with van der Waals surface area (Å²) in [6.45, 7) is 2.03. The Balaban J connectivity index is 1.97. The molecule has 0 aliphatic rings. The highest BCUT2D eigenvalue weighted by atomic mass is 35.5. The Morgan fingerprint density at radius 1 is 1.32 bits per heavy atom. The van der Waals surface area contributed by atoms with Gasteiger partial charge in [0.05, 0.1) is 16.2 Å². The monoisotopic (exact) mass is 307 g/mol. The van der Waals surface area contributed by atoms with Crippen LogP contribution in [0.5, 0.6) is 0 Å². The number of aromatic nitrogens is 3. The summed E-state index contributed by atoms with van der Waals surface area (Å²) in [6.07, 6.45) is 0. The van der Waals surface area contributed by atoms with Crippen LogP contribution in [-0.4, -0.2) is 15.2 Å². The number of benzene rings is 1. The summed E-state index contributed by atoms with van der Waals surface area (Å²) in [6, 6.07) is 8.05. The first-order valence-electron chi connectivity index (χ1n) is 5.68. The third-order valence-corrected chi connectivity index (χ3v) is 5.19. The van der Waals surface area contributed by atoms with Crippen molar-refractivity contribution in [2.75, 3.05) is 0 Å². The maximum Gasteiger partial charge on any atom is 0.174 e. The molecule has 2 aromatic heterocycles. The van der Waals surface area contributed by atoms with Gasteiger partial charge in [0.1, 0.15) is 5.51 Å². The Bertz CT molecular complexity index is 713. The lowest BCUT2D eigenvalue weighted by atomic mass is 10.1. The van der Waals surface area contributed by atoms with Crippen molar-refractivity contribution in [2.24, 2.45) is 0 Å². The first-order valence-corrected chi connectivity index (χ1v) is 7.92. The zero-order valence-electron chi connectivity index (χ0n) is 10.1. The van der Waals surface area contributed by atoms with Gasteiger partial charge in [0.15, 0.2) is 4.34 Å². The van der Waals surface area contributed by atoms with E-state index in [4.69, 9.17) is 11.6 Å². The second-order valence-electron chi connectivity index (χ2n) is 4.01. The fourth-order valence-corrected chi connectivity index (χ4v) is 3.59. The SMILES string of the molecule is Cc1c(Cl)c(CSc2nncs2)nc2ccccc12. The minimum absolute atomic E-state index is 0.708. The lowest BCUT2D eigenvalue weighted by Gasteiger charge is -2.09. The normalized spacial score (nSPS) is 11.1. The van der Waals surface area contributed by atoms with Crippen LogP contribution in [-0.2, 0) is 5.75 Å². The predicted octanol–water partition coefficient (Wildman–Crippen LogP) is 4.34. The minimum Gasteiger partial charge on any atom is -0.250 e. The summed E-state index contributed by atoms with van der Waals surface area (Å²) in [5.74, 6) is 0.708. The van der Waals surface area contributed by atoms with E-state index >= 15 is 0 Å². The molecule has 0 fully saturated rings. The molecule has 0 unspecified atom stereocenters. The standard InChI is InChI=1S/C13H10ClN3S2/c1-8-9-4-2-3-5-10(9)16-11(12(8)14)6-18-13-17-15-7-19-13/h2-5,7H,6H2,1H3. The van der Waals surface area contributed by atoms with Crippen molar-refractivity contribution in [3.63, 3.8) is 0 Å². The van der Waals surface area contributed by atoms with Gasteiger partial charge in [-0.2, -0.15) is 0 Å². The smallest absolute Gasteiger partial charge is 0.174 e. The van der Waals surface area contributed by atoms with E-state index in [9.17, 15) is 0 Å². The van der Waals surface area contributed by atoms with Gasteiger partial charge in [0.2, 0.25) is 0 Å². The molecule has 0 bridgehead atoms. The Hall–Kier alpha value is -1.17. The Morgan fingerprint density at radius 3 is 2.95 bits per heavy atom. The van der Waals surface area contributed by atoms with Gasteiger partial charge in [0, 0.05) is 11.1 Å². The second kappa shape index (κ2) is 5.45. The molecule has 3 rings (SSSR count). The highest BCUT2D eigenvalue weighted by molar-refractivity contribution is 8.00. The molecule has 0 aliphatic heterocycles. The van der Waals surface area contributed by atoms with Crippen molar-refractivity contribution in [1.82, 2.24) is 15.2 Å². The van der Waals surface area contributed by atoms with Crippen LogP contribution in [0, 0.1) is 6.92 Å². The molecule has 0 radical (unpaired) electrons. The first-order chi connectivity index (χ1) is 9.25. The summed E-state index contributed by atoms with van der Waals surface area (Å²) in [5, 5.41) is 9.68. The molecule has 1 aromatic carbocycles. The molecule has 0 aliphatic carbocycles. The topological polar surface area (TPSA) is 38.7 Å². The van der Waals surface area contributed by atoms with E-state index in [0.717, 1.165) is 31.5 Å². The third-order valence-electron chi connectivity index (χ3n) is 2.82. The van der Waals surface area contributed by atoms with Gasteiger partial charge >= 0.3 is 0 Å². The average molecular weight is 308 g/mol. The van der Waals surface area contributed by atoms with Crippen molar-refractivity contribution in [3.8, 4) is 0 Å². The molecule has 0 atom stereocenters. The number of pyridine rings is 1. The van der Waals surface area contributed by atoms with E-state index in [1.54, 1.807) is 17.3 Å². The predicted molar refractivity (Wildman–Crippen MR) is 81.0 cm³/mol. The highest BCUT2D eigenvalue weighted by Gasteiger charge is 2.11. The number of aryl methyl sites for hydroxylation is 1. The molecule has 3 aromatic rings. The Morgan fingerprint density at radius 2 is 2.16 bits per heavy atom. The Kier molecular flexibility index (Phi) is 3.68. The van der Waals surface area contributed by atoms with Crippen LogP contribution in [0.4, 0.5) is 0 Å². The lowest BCUT2D eigenvalue weighted by molar-refractivity contribution is 1.01. The largest absolute Gasteiger partial charge is 0.250 e. The van der Waals surface area contributed by atoms with Gasteiger partial charge in [-0.25, -0.2) is 0 Å². The fraction of sp³-hybridized carbons (Fsp3) is 0.154. The highest BCUT2D eigenvalue weighted by Crippen LogP contribution is 2.31. The maximum atomic E-state index is 6.40. The molecule has 6 heteroatoms. The summed E-state index contributed by atoms with van der Waals surface area (Å²) in [4.78, 5) is 4.64. The van der Waals surface area contributed by atoms with E-state index in [-0.39, 0.29) is 0 Å². The van der Waals surface area contributed by atoms with E-state index < -0.39 is 0 Å². The van der Waals surface area contributed by atoms with Crippen LogP contribution < -0.4 is 0 Å². The number of hydrogen-bond acceptors (Lipinski definition) is 5. The molecule has 3 nitrogen and oxygen atoms in total. The van der Waals surface area contributed by atoms with Gasteiger partial charge in [-0.15, -0.1) is 10.2 Å². The van der Waals surface area contributed by atoms with Crippen LogP contribution in [0.2, 0.25) is 5.02 Å². The van der Waals surface area contributed by atoms with Gasteiger partial charge in [0.25, 0.3) is 0 Å². The fourth-order valence-electron chi connectivity index (χ4n) is 1.87. The van der Waals surface area contributed by atoms with E-state index in [2.05, 4.69) is 15.2 Å². The molecule has 0 spiro atoms. The molecule has 96 valence electrons. The average Bonchev–Trinajstić information content (AvgIpc) is 2.94. The van der Waals surface area contributed by atoms with Gasteiger partial charge in [-0.1, -0.05) is 52.9 Å². The first kappa shape index (κ1) is 12.8. The van der Waals surface area contributed by atoms with Crippen LogP contribution in [0.1, 0.15) is 11.3 Å². The minimum atomic E-state index is 0.708. The number of halogens is 1. The summed E-state index contributed by atoms with van der Waals surface area (Å²) < 4.78 is 0.934. The third kappa shape index (κ3) is 2.59. The summed E-state index contributed by atoms with van der Waals surface area (Å²) in [7, 11) is 0. The summed E-state index contributed by atoms with van der Waals surface area (Å²) in [5.41, 5.74) is 4.69. The number of thioether (sulfide) groups is 1. The number of rotatable bonds is 3. The van der Waals surface area contributed by atoms with E-state index in [1.807, 2.05) is 31.2 Å². The number of para-hydroxylation sites is 1. The van der Waals surface area contributed by atoms with Crippen molar-refractivity contribution in [1.29, 1.82) is 0 Å². The van der Waals surface area contributed by atoms with Crippen LogP contribution in [0.25, 0.3) is 10.9 Å². The van der Waals surface area contributed by atoms with Crippen molar-refractivity contribution in [2.45, 2.75) is 17.0 Å². The molecular weight excluding hydrogens is 298 g/mol. The zero-order chi connectivity index (χ0) is 13.2. The van der Waals surface area contributed by atoms with Gasteiger partial charge in [-0.05, 0) is 18.6 Å². The van der Waals surface area contributed by atoms with Crippen molar-refractivity contribution in [3.05, 3.63) is 46.1 Å². The Labute approximate surface area is 124 Å². The molecule has 0 N–H and O–H groups in total. The van der Waals surface area contributed by atoms with Gasteiger partial charge < -0.3 is 0 Å². The maximum absolute atomic E-state index is 6.40. The van der Waals surface area contributed by atoms with Gasteiger partial charge in [-0.3, -0.25) is 4.98 Å². The molecule has 2 heterocycles. The second-order valence-corrected chi connectivity index (χ2v) is 6.44. The van der Waals surface area contributed by atoms with E-state index in [1.165, 1.54) is 11.3 Å². The van der Waals surface area contributed by atoms with Crippen molar-refractivity contribution < 1.29 is 0 Å². The number of nitrogens with zero attached hydrogens (tertiary/aromatic N) is 3. The molecule has 0 saturated carbocycles. The number of fused-ring (bicyclic) bond motifs is 1. The summed E-state index contributed by atoms with van der Waals surface area (Å²) >= 11 is 9.54. The number of hydrogen-bond donors (Lipinski definition) is 0. The quantitative estimate of drug-likeness (QED) is 0.675. The van der Waals surface area contributed by atoms with Crippen molar-refractivity contribution >= 4 is 45.6 Å². The molecule has 0 saturated heterocycles. The molecule has 0 amide bonds. The molecule has 19 heavy (non-hydrogen) atoms. The zero-order valence-corrected chi connectivity index (χ0v) is 12.5.